The van der Waals surface area contributed by atoms with E-state index in [1.54, 1.807) is 36.4 Å². The van der Waals surface area contributed by atoms with Crippen LogP contribution in [0.4, 0.5) is 5.69 Å². The van der Waals surface area contributed by atoms with Crippen molar-refractivity contribution in [3.8, 4) is 23.1 Å². The van der Waals surface area contributed by atoms with Gasteiger partial charge in [-0.25, -0.2) is 4.79 Å². The lowest BCUT2D eigenvalue weighted by Crippen LogP contribution is -2.14. The van der Waals surface area contributed by atoms with Crippen molar-refractivity contribution in [1.29, 1.82) is 5.26 Å². The molecule has 1 aromatic heterocycles. The maximum Gasteiger partial charge on any atom is 0.335 e. The van der Waals surface area contributed by atoms with Crippen LogP contribution in [0.3, 0.4) is 0 Å². The summed E-state index contributed by atoms with van der Waals surface area (Å²) in [5.41, 5.74) is 0.963. The molecular formula is C22H15ClN2O5. The maximum absolute atomic E-state index is 12.5. The molecule has 2 aromatic carbocycles. The molecule has 0 saturated carbocycles. The second kappa shape index (κ2) is 8.99. The number of anilines is 1. The summed E-state index contributed by atoms with van der Waals surface area (Å²) in [5, 5.41) is 21.4. The van der Waals surface area contributed by atoms with Gasteiger partial charge in [-0.2, -0.15) is 5.26 Å². The lowest BCUT2D eigenvalue weighted by molar-refractivity contribution is -0.112. The lowest BCUT2D eigenvalue weighted by Gasteiger charge is -2.09. The fourth-order valence-corrected chi connectivity index (χ4v) is 2.79. The molecule has 30 heavy (non-hydrogen) atoms. The van der Waals surface area contributed by atoms with Gasteiger partial charge in [-0.05, 0) is 42.5 Å². The third-order valence-corrected chi connectivity index (χ3v) is 4.34. The number of furan rings is 1. The quantitative estimate of drug-likeness (QED) is 0.433. The van der Waals surface area contributed by atoms with Gasteiger partial charge >= 0.3 is 5.97 Å². The lowest BCUT2D eigenvalue weighted by atomic mass is 10.1. The summed E-state index contributed by atoms with van der Waals surface area (Å²) in [6.45, 7) is 0. The van der Waals surface area contributed by atoms with Crippen molar-refractivity contribution < 1.29 is 23.8 Å². The number of nitrogens with one attached hydrogen (secondary N) is 1. The number of aromatic carboxylic acids is 1. The Morgan fingerprint density at radius 2 is 1.90 bits per heavy atom. The molecule has 0 saturated heterocycles. The minimum Gasteiger partial charge on any atom is -0.495 e. The topological polar surface area (TPSA) is 113 Å². The zero-order valence-corrected chi connectivity index (χ0v) is 16.4. The minimum absolute atomic E-state index is 0.158. The molecule has 1 heterocycles. The number of rotatable bonds is 6. The first-order valence-electron chi connectivity index (χ1n) is 8.61. The molecule has 150 valence electrons. The van der Waals surface area contributed by atoms with Gasteiger partial charge in [-0.1, -0.05) is 23.7 Å². The largest absolute Gasteiger partial charge is 0.495 e. The molecule has 0 aliphatic carbocycles. The van der Waals surface area contributed by atoms with Crippen molar-refractivity contribution in [2.24, 2.45) is 0 Å². The van der Waals surface area contributed by atoms with Crippen molar-refractivity contribution in [2.45, 2.75) is 0 Å². The van der Waals surface area contributed by atoms with Crippen LogP contribution in [-0.4, -0.2) is 24.1 Å². The van der Waals surface area contributed by atoms with E-state index in [9.17, 15) is 14.9 Å². The molecule has 3 rings (SSSR count). The Morgan fingerprint density at radius 3 is 2.53 bits per heavy atom. The van der Waals surface area contributed by atoms with Crippen LogP contribution < -0.4 is 10.1 Å². The standard InChI is InChI=1S/C22H15ClN2O5/c1-29-20-8-6-16(23)11-18(20)25-21(26)15(12-24)10-17-7-9-19(30-17)13-2-4-14(5-3-13)22(27)28/h2-11H,1H3,(H,25,26)(H,27,28)/b15-10+. The van der Waals surface area contributed by atoms with Gasteiger partial charge in [0.05, 0.1) is 18.4 Å². The number of nitrogens with zero attached hydrogens (tertiary/aromatic N) is 1. The fraction of sp³-hybridized carbons (Fsp3) is 0.0455. The average molecular weight is 423 g/mol. The van der Waals surface area contributed by atoms with Crippen LogP contribution in [0.2, 0.25) is 5.02 Å². The van der Waals surface area contributed by atoms with E-state index >= 15 is 0 Å². The third kappa shape index (κ3) is 4.69. The van der Waals surface area contributed by atoms with E-state index in [2.05, 4.69) is 5.32 Å². The van der Waals surface area contributed by atoms with Crippen LogP contribution in [0.25, 0.3) is 17.4 Å². The number of nitriles is 1. The number of hydrogen-bond acceptors (Lipinski definition) is 5. The van der Waals surface area contributed by atoms with Gasteiger partial charge in [-0.3, -0.25) is 4.79 Å². The monoisotopic (exact) mass is 422 g/mol. The average Bonchev–Trinajstić information content (AvgIpc) is 3.21. The number of carbonyl (C=O) groups is 2. The van der Waals surface area contributed by atoms with Crippen molar-refractivity contribution in [2.75, 3.05) is 12.4 Å². The van der Waals surface area contributed by atoms with Crippen LogP contribution in [0.15, 0.2) is 64.6 Å². The number of benzene rings is 2. The van der Waals surface area contributed by atoms with Crippen molar-refractivity contribution in [1.82, 2.24) is 0 Å². The number of halogens is 1. The molecule has 8 heteroatoms. The summed E-state index contributed by atoms with van der Waals surface area (Å²) in [4.78, 5) is 23.5. The van der Waals surface area contributed by atoms with Gasteiger partial charge in [0.2, 0.25) is 0 Å². The molecule has 3 aromatic rings. The predicted octanol–water partition coefficient (Wildman–Crippen LogP) is 4.85. The summed E-state index contributed by atoms with van der Waals surface area (Å²) in [5.74, 6) is -0.521. The van der Waals surface area contributed by atoms with E-state index in [1.807, 2.05) is 6.07 Å². The number of carbonyl (C=O) groups excluding carboxylic acids is 1. The van der Waals surface area contributed by atoms with Crippen molar-refractivity contribution in [3.63, 3.8) is 0 Å². The Morgan fingerprint density at radius 1 is 1.17 bits per heavy atom. The molecular weight excluding hydrogens is 408 g/mol. The van der Waals surface area contributed by atoms with E-state index in [1.165, 1.54) is 31.4 Å². The first-order valence-corrected chi connectivity index (χ1v) is 8.99. The predicted molar refractivity (Wildman–Crippen MR) is 111 cm³/mol. The second-order valence-electron chi connectivity index (χ2n) is 6.05. The fourth-order valence-electron chi connectivity index (χ4n) is 2.62. The van der Waals surface area contributed by atoms with Gasteiger partial charge in [0.15, 0.2) is 0 Å². The molecule has 0 unspecified atom stereocenters. The van der Waals surface area contributed by atoms with Gasteiger partial charge < -0.3 is 19.6 Å². The van der Waals surface area contributed by atoms with Crippen LogP contribution in [-0.2, 0) is 4.79 Å². The smallest absolute Gasteiger partial charge is 0.335 e. The van der Waals surface area contributed by atoms with Gasteiger partial charge in [0.25, 0.3) is 5.91 Å². The van der Waals surface area contributed by atoms with Crippen LogP contribution in [0.5, 0.6) is 5.75 Å². The SMILES string of the molecule is COc1ccc(Cl)cc1NC(=O)/C(C#N)=C/c1ccc(-c2ccc(C(=O)O)cc2)o1. The minimum atomic E-state index is -1.02. The highest BCUT2D eigenvalue weighted by molar-refractivity contribution is 6.31. The number of carboxylic acids is 1. The molecule has 0 aliphatic heterocycles. The normalized spacial score (nSPS) is 10.9. The Hall–Kier alpha value is -4.02. The third-order valence-electron chi connectivity index (χ3n) is 4.10. The van der Waals surface area contributed by atoms with Crippen LogP contribution in [0.1, 0.15) is 16.1 Å². The highest BCUT2D eigenvalue weighted by Gasteiger charge is 2.14. The molecule has 0 atom stereocenters. The zero-order valence-electron chi connectivity index (χ0n) is 15.7. The molecule has 2 N–H and O–H groups in total. The van der Waals surface area contributed by atoms with Gasteiger partial charge in [-0.15, -0.1) is 0 Å². The summed E-state index contributed by atoms with van der Waals surface area (Å²) in [6, 6.07) is 16.0. The number of ether oxygens (including phenoxy) is 1. The highest BCUT2D eigenvalue weighted by atomic mass is 35.5. The Labute approximate surface area is 176 Å². The van der Waals surface area contributed by atoms with Crippen molar-refractivity contribution in [3.05, 3.63) is 76.5 Å². The number of hydrogen-bond donors (Lipinski definition) is 2. The van der Waals surface area contributed by atoms with Gasteiger partial charge in [0, 0.05) is 16.7 Å². The molecule has 0 bridgehead atoms. The van der Waals surface area contributed by atoms with E-state index in [0.29, 0.717) is 27.8 Å². The maximum atomic E-state index is 12.5. The van der Waals surface area contributed by atoms with E-state index in [0.717, 1.165) is 0 Å². The first kappa shape index (κ1) is 20.7. The van der Waals surface area contributed by atoms with E-state index < -0.39 is 11.9 Å². The van der Waals surface area contributed by atoms with Gasteiger partial charge in [0.1, 0.15) is 28.9 Å². The van der Waals surface area contributed by atoms with E-state index in [4.69, 9.17) is 25.9 Å². The summed E-state index contributed by atoms with van der Waals surface area (Å²) >= 11 is 5.95. The Balaban J connectivity index is 1.81. The number of carboxylic acid groups (broad SMARTS) is 1. The Kier molecular flexibility index (Phi) is 6.20. The molecule has 0 radical (unpaired) electrons. The summed E-state index contributed by atoms with van der Waals surface area (Å²) in [7, 11) is 1.45. The zero-order chi connectivity index (χ0) is 21.7. The molecule has 0 aliphatic rings. The van der Waals surface area contributed by atoms with Crippen LogP contribution >= 0.6 is 11.6 Å². The second-order valence-corrected chi connectivity index (χ2v) is 6.49. The molecule has 1 amide bonds. The molecule has 0 fully saturated rings. The Bertz CT molecular complexity index is 1170. The number of amides is 1. The van der Waals surface area contributed by atoms with Crippen LogP contribution in [0, 0.1) is 11.3 Å². The highest BCUT2D eigenvalue weighted by Crippen LogP contribution is 2.28. The molecule has 7 nitrogen and oxygen atoms in total. The number of methoxy groups -OCH3 is 1. The van der Waals surface area contributed by atoms with Crippen molar-refractivity contribution >= 4 is 35.2 Å². The van der Waals surface area contributed by atoms with E-state index in [-0.39, 0.29) is 16.9 Å². The molecule has 0 spiro atoms. The first-order chi connectivity index (χ1) is 14.4. The summed E-state index contributed by atoms with van der Waals surface area (Å²) < 4.78 is 10.8. The summed E-state index contributed by atoms with van der Waals surface area (Å²) in [6.07, 6.45) is 1.31.